The molecule has 0 radical (unpaired) electrons. The lowest BCUT2D eigenvalue weighted by Crippen LogP contribution is -2.19. The van der Waals surface area contributed by atoms with Crippen LogP contribution in [-0.4, -0.2) is 142 Å². The van der Waals surface area contributed by atoms with Gasteiger partial charge in [-0.3, -0.25) is 19.8 Å². The summed E-state index contributed by atoms with van der Waals surface area (Å²) >= 11 is 12.4. The number of hydrogen-bond acceptors (Lipinski definition) is 15. The summed E-state index contributed by atoms with van der Waals surface area (Å²) in [4.78, 5) is 58.9. The van der Waals surface area contributed by atoms with Gasteiger partial charge in [0.2, 0.25) is 17.6 Å². The molecule has 5 N–H and O–H groups in total. The SMILES string of the molecule is C.Cc1ccc(S(=O)(=O)Nc2ccc(C3Cc4cnc(NCCCCN(C)C)nc4-c4ccccc43)cc2)cc1.Cc1cccc(C(=O)Nc2ccc(C3Cc4cnc(NCCCCN(C)C)nc4-c4ccccc43)cc2)c1.[C-]#[N+]c1c(NC(=O)OCCCN(C)C)ncc2c1-c1ccccc1C(c1ccc(Cl)c(Cl)c1)C2. The summed E-state index contributed by atoms with van der Waals surface area (Å²) in [6.07, 6.45) is 12.4. The lowest BCUT2D eigenvalue weighted by Gasteiger charge is -2.29. The van der Waals surface area contributed by atoms with Crippen LogP contribution in [0.4, 0.5) is 39.6 Å². The molecular weight excluding hydrogens is 1460 g/mol. The second kappa shape index (κ2) is 38.4. The molecule has 0 fully saturated rings. The van der Waals surface area contributed by atoms with Crippen LogP contribution in [0, 0.1) is 20.4 Å². The van der Waals surface area contributed by atoms with Gasteiger partial charge in [0.15, 0.2) is 0 Å². The van der Waals surface area contributed by atoms with Gasteiger partial charge in [-0.2, -0.15) is 0 Å². The molecule has 0 spiro atoms. The molecule has 3 atom stereocenters. The van der Waals surface area contributed by atoms with Crippen molar-refractivity contribution in [3.8, 4) is 33.6 Å². The van der Waals surface area contributed by atoms with E-state index in [0.717, 1.165) is 162 Å². The van der Waals surface area contributed by atoms with Gasteiger partial charge in [-0.05, 0) is 242 Å². The number of nitrogens with zero attached hydrogens (tertiary/aromatic N) is 9. The van der Waals surface area contributed by atoms with E-state index < -0.39 is 16.1 Å². The molecule has 3 unspecified atom stereocenters. The van der Waals surface area contributed by atoms with Gasteiger partial charge in [-0.25, -0.2) is 38.0 Å². The first-order valence-electron chi connectivity index (χ1n) is 37.5. The molecule has 19 nitrogen and oxygen atoms in total. The van der Waals surface area contributed by atoms with Crippen molar-refractivity contribution in [3.63, 3.8) is 0 Å². The van der Waals surface area contributed by atoms with E-state index >= 15 is 0 Å². The Bertz CT molecular complexity index is 5250. The zero-order chi connectivity index (χ0) is 78.1. The molecule has 2 amide bonds. The number of carbonyl (C=O) groups excluding carboxylic acids is 2. The number of unbranched alkanes of at least 4 members (excludes halogenated alkanes) is 2. The first-order chi connectivity index (χ1) is 53.7. The van der Waals surface area contributed by atoms with Gasteiger partial charge in [0.1, 0.15) is 5.82 Å². The zero-order valence-electron chi connectivity index (χ0n) is 64.0. The Kier molecular flexibility index (Phi) is 28.1. The van der Waals surface area contributed by atoms with Gasteiger partial charge in [-0.15, -0.1) is 0 Å². The minimum atomic E-state index is -3.65. The third-order valence-electron chi connectivity index (χ3n) is 20.0. The van der Waals surface area contributed by atoms with E-state index in [4.69, 9.17) is 44.5 Å². The topological polar surface area (TPSA) is 216 Å². The first-order valence-corrected chi connectivity index (χ1v) is 39.8. The maximum Gasteiger partial charge on any atom is 0.411 e. The molecule has 14 rings (SSSR count). The second-order valence-corrected chi connectivity index (χ2v) is 31.6. The Morgan fingerprint density at radius 1 is 0.518 bits per heavy atom. The van der Waals surface area contributed by atoms with Crippen LogP contribution >= 0.6 is 23.2 Å². The Labute approximate surface area is 669 Å². The van der Waals surface area contributed by atoms with Gasteiger partial charge < -0.3 is 35.4 Å². The van der Waals surface area contributed by atoms with Gasteiger partial charge in [0, 0.05) is 84.0 Å². The van der Waals surface area contributed by atoms with E-state index in [9.17, 15) is 18.0 Å². The second-order valence-electron chi connectivity index (χ2n) is 29.1. The number of amides is 2. The summed E-state index contributed by atoms with van der Waals surface area (Å²) in [6.45, 7) is 16.7. The fraction of sp³-hybridized carbons (Fsp3) is 0.289. The number of aromatic nitrogens is 5. The molecule has 3 aliphatic rings. The Hall–Kier alpha value is -10.9. The third kappa shape index (κ3) is 20.8. The van der Waals surface area contributed by atoms with E-state index in [1.807, 2.05) is 142 Å². The fourth-order valence-electron chi connectivity index (χ4n) is 14.3. The molecule has 578 valence electrons. The maximum absolute atomic E-state index is 12.8. The highest BCUT2D eigenvalue weighted by Crippen LogP contribution is 2.50. The average molecular weight is 1560 g/mol. The molecule has 11 aromatic rings. The third-order valence-corrected chi connectivity index (χ3v) is 22.1. The molecule has 112 heavy (non-hydrogen) atoms. The van der Waals surface area contributed by atoms with Crippen LogP contribution < -0.4 is 26.0 Å². The molecule has 0 saturated heterocycles. The summed E-state index contributed by atoms with van der Waals surface area (Å²) in [5, 5.41) is 13.5. The van der Waals surface area contributed by atoms with Gasteiger partial charge in [0.25, 0.3) is 15.9 Å². The minimum Gasteiger partial charge on any atom is -0.449 e. The number of ether oxygens (including phenoxy) is 1. The van der Waals surface area contributed by atoms with Crippen molar-refractivity contribution in [2.75, 3.05) is 108 Å². The average Bonchev–Trinajstić information content (AvgIpc) is 0.753. The summed E-state index contributed by atoms with van der Waals surface area (Å²) < 4.78 is 33.6. The zero-order valence-corrected chi connectivity index (χ0v) is 66.3. The molecule has 0 saturated carbocycles. The molecule has 22 heteroatoms. The van der Waals surface area contributed by atoms with Crippen molar-refractivity contribution in [3.05, 3.63) is 295 Å². The maximum atomic E-state index is 12.8. The Morgan fingerprint density at radius 3 is 1.54 bits per heavy atom. The van der Waals surface area contributed by atoms with E-state index in [-0.39, 0.29) is 48.4 Å². The monoisotopic (exact) mass is 1560 g/mol. The van der Waals surface area contributed by atoms with Crippen LogP contribution in [0.3, 0.4) is 0 Å². The summed E-state index contributed by atoms with van der Waals surface area (Å²) in [5.41, 5.74) is 20.5. The summed E-state index contributed by atoms with van der Waals surface area (Å²) in [5.74, 6) is 1.83. The number of benzene rings is 8. The largest absolute Gasteiger partial charge is 0.449 e. The first kappa shape index (κ1) is 82.1. The van der Waals surface area contributed by atoms with Gasteiger partial charge in [-0.1, -0.05) is 169 Å². The molecule has 8 aromatic carbocycles. The van der Waals surface area contributed by atoms with Crippen molar-refractivity contribution in [1.82, 2.24) is 39.6 Å². The summed E-state index contributed by atoms with van der Waals surface area (Å²) in [7, 11) is 8.66. The summed E-state index contributed by atoms with van der Waals surface area (Å²) in [6, 6.07) is 60.9. The van der Waals surface area contributed by atoms with Gasteiger partial charge in [0.05, 0.1) is 39.5 Å². The highest BCUT2D eigenvalue weighted by atomic mass is 35.5. The smallest absolute Gasteiger partial charge is 0.411 e. The van der Waals surface area contributed by atoms with Crippen LogP contribution in [0.2, 0.25) is 10.0 Å². The van der Waals surface area contributed by atoms with E-state index in [1.165, 1.54) is 16.7 Å². The minimum absolute atomic E-state index is 0. The number of pyridine rings is 1. The number of rotatable bonds is 25. The number of anilines is 5. The van der Waals surface area contributed by atoms with Crippen LogP contribution in [-0.2, 0) is 34.0 Å². The van der Waals surface area contributed by atoms with E-state index in [0.29, 0.717) is 45.3 Å². The Morgan fingerprint density at radius 2 is 1.01 bits per heavy atom. The number of carbonyl (C=O) groups is 2. The molecule has 3 aliphatic carbocycles. The highest BCUT2D eigenvalue weighted by molar-refractivity contribution is 7.92. The van der Waals surface area contributed by atoms with Crippen molar-refractivity contribution < 1.29 is 22.7 Å². The van der Waals surface area contributed by atoms with Crippen LogP contribution in [0.25, 0.3) is 38.5 Å². The van der Waals surface area contributed by atoms with E-state index in [1.54, 1.807) is 36.5 Å². The van der Waals surface area contributed by atoms with E-state index in [2.05, 4.69) is 144 Å². The molecule has 0 bridgehead atoms. The van der Waals surface area contributed by atoms with Crippen LogP contribution in [0.1, 0.15) is 129 Å². The van der Waals surface area contributed by atoms with Crippen molar-refractivity contribution in [1.29, 1.82) is 0 Å². The molecule has 0 aliphatic heterocycles. The predicted octanol–water partition coefficient (Wildman–Crippen LogP) is 19.3. The number of nitrogens with one attached hydrogen (secondary N) is 5. The number of aryl methyl sites for hydroxylation is 2. The number of fused-ring (bicyclic) bond motifs is 9. The van der Waals surface area contributed by atoms with Crippen molar-refractivity contribution in [2.24, 2.45) is 0 Å². The number of sulfonamides is 1. The molecule has 3 aromatic heterocycles. The molecule has 3 heterocycles. The Balaban J connectivity index is 0.000000166. The lowest BCUT2D eigenvalue weighted by molar-refractivity contribution is 0.102. The normalized spacial score (nSPS) is 14.1. The quantitative estimate of drug-likeness (QED) is 0.0266. The van der Waals surface area contributed by atoms with Crippen LogP contribution in [0.15, 0.2) is 212 Å². The lowest BCUT2D eigenvalue weighted by atomic mass is 9.76. The molecular formula is C90H98Cl2N14O5S. The number of halogens is 2. The number of hydrogen-bond donors (Lipinski definition) is 5. The predicted molar refractivity (Wildman–Crippen MR) is 455 cm³/mol. The van der Waals surface area contributed by atoms with Crippen molar-refractivity contribution >= 4 is 80.0 Å². The van der Waals surface area contributed by atoms with Gasteiger partial charge >= 0.3 is 6.09 Å². The standard InChI is InChI=1S/C32H35N5O.C31H35N5O2S.C26H24Cl2N4O2.CH4/c1-22-9-8-10-24(19-22)31(38)35-26-15-13-23(14-16-26)29-20-25-21-34-32(33-17-6-7-18-37(2)3)36-30(25)28-12-5-4-11-27(28)29;1-22-10-16-26(17-11-22)39(37,38)35-25-14-12-23(13-15-25)29-20-24-21-33-31(32-18-6-7-19-36(2)3)34-30(24)28-9-5-4-8-27(28)29;1-29-24-23-17(15-30-25(24)31-26(33)34-12-6-11-32(2)3)13-20(18-7-4-5-8-19(18)23)16-9-10-21(27)22(28)14-16;/h4-5,8-16,19,21,29H,6-7,17-18,20H2,1-3H3,(H,35,38)(H,33,34,36);4-5,8-17,21,29,35H,6-7,18-20H2,1-3H3,(H,32,33,34);4-5,7-10,14-15,20H,6,11-13H2,2-3H3,(H,30,31,33);1H4. The van der Waals surface area contributed by atoms with Crippen molar-refractivity contribution in [2.45, 2.75) is 95.3 Å². The highest BCUT2D eigenvalue weighted by Gasteiger charge is 2.33. The van der Waals surface area contributed by atoms with Crippen LogP contribution in [0.5, 0.6) is 0 Å². The fourth-order valence-corrected chi connectivity index (χ4v) is 15.7.